The fraction of sp³-hybridized carbons (Fsp3) is 0.357. The second kappa shape index (κ2) is 6.22. The van der Waals surface area contributed by atoms with Crippen molar-refractivity contribution in [3.8, 4) is 0 Å². The lowest BCUT2D eigenvalue weighted by Crippen LogP contribution is -2.44. The number of nitrogens with zero attached hydrogens (tertiary/aromatic N) is 2. The molecule has 0 amide bonds. The van der Waals surface area contributed by atoms with Crippen LogP contribution in [0.3, 0.4) is 0 Å². The van der Waals surface area contributed by atoms with Crippen molar-refractivity contribution in [3.05, 3.63) is 42.4 Å². The molecule has 1 aliphatic rings. The quantitative estimate of drug-likeness (QED) is 0.613. The van der Waals surface area contributed by atoms with Gasteiger partial charge in [0.25, 0.3) is 0 Å². The second-order valence-corrected chi connectivity index (χ2v) is 4.31. The van der Waals surface area contributed by atoms with Crippen LogP contribution < -0.4 is 4.90 Å². The van der Waals surface area contributed by atoms with E-state index in [1.54, 1.807) is 18.3 Å². The van der Waals surface area contributed by atoms with Gasteiger partial charge in [0.1, 0.15) is 5.82 Å². The van der Waals surface area contributed by atoms with Crippen LogP contribution in [0.5, 0.6) is 0 Å². The molecular weight excluding hydrogens is 247 g/mol. The number of carbonyl (C=O) groups is 1. The van der Waals surface area contributed by atoms with Crippen LogP contribution in [0.15, 0.2) is 36.5 Å². The zero-order valence-corrected chi connectivity index (χ0v) is 10.9. The molecule has 102 valence electrons. The highest BCUT2D eigenvalue weighted by atomic mass is 19.1. The first-order valence-electron chi connectivity index (χ1n) is 6.20. The summed E-state index contributed by atoms with van der Waals surface area (Å²) in [5.74, 6) is -0.558. The van der Waals surface area contributed by atoms with Crippen molar-refractivity contribution >= 4 is 11.7 Å². The molecule has 1 aliphatic heterocycles. The molecule has 2 rings (SSSR count). The molecule has 5 heteroatoms. The number of hydrogen-bond donors (Lipinski definition) is 0. The number of hydrogen-bond acceptors (Lipinski definition) is 4. The first-order valence-corrected chi connectivity index (χ1v) is 6.20. The topological polar surface area (TPSA) is 32.8 Å². The Morgan fingerprint density at radius 1 is 1.26 bits per heavy atom. The van der Waals surface area contributed by atoms with E-state index in [2.05, 4.69) is 4.74 Å². The highest BCUT2D eigenvalue weighted by molar-refractivity contribution is 5.81. The summed E-state index contributed by atoms with van der Waals surface area (Å²) in [6, 6.07) is 6.78. The fourth-order valence-corrected chi connectivity index (χ4v) is 2.05. The summed E-state index contributed by atoms with van der Waals surface area (Å²) in [5.41, 5.74) is 0.638. The Bertz CT molecular complexity index is 468. The molecule has 4 nitrogen and oxygen atoms in total. The first-order chi connectivity index (χ1) is 9.20. The van der Waals surface area contributed by atoms with E-state index in [1.165, 1.54) is 19.3 Å². The minimum absolute atomic E-state index is 0.193. The molecule has 0 aromatic heterocycles. The largest absolute Gasteiger partial charge is 0.466 e. The van der Waals surface area contributed by atoms with Crippen LogP contribution in [-0.2, 0) is 9.53 Å². The van der Waals surface area contributed by atoms with Crippen LogP contribution in [-0.4, -0.2) is 44.2 Å². The molecule has 0 atom stereocenters. The van der Waals surface area contributed by atoms with Gasteiger partial charge in [-0.3, -0.25) is 0 Å². The van der Waals surface area contributed by atoms with Gasteiger partial charge >= 0.3 is 5.97 Å². The van der Waals surface area contributed by atoms with Gasteiger partial charge in [0.05, 0.1) is 12.8 Å². The molecule has 0 unspecified atom stereocenters. The fourth-order valence-electron chi connectivity index (χ4n) is 2.05. The molecule has 1 saturated heterocycles. The molecule has 1 fully saturated rings. The van der Waals surface area contributed by atoms with E-state index in [1.807, 2.05) is 15.9 Å². The van der Waals surface area contributed by atoms with E-state index >= 15 is 0 Å². The van der Waals surface area contributed by atoms with Crippen LogP contribution in [0.1, 0.15) is 0 Å². The molecular formula is C14H17FN2O2. The summed E-state index contributed by atoms with van der Waals surface area (Å²) in [6.45, 7) is 2.96. The maximum absolute atomic E-state index is 13.6. The monoisotopic (exact) mass is 264 g/mol. The minimum atomic E-state index is -0.364. The third-order valence-electron chi connectivity index (χ3n) is 3.13. The Morgan fingerprint density at radius 2 is 1.95 bits per heavy atom. The number of carbonyl (C=O) groups excluding carboxylic acids is 1. The van der Waals surface area contributed by atoms with Gasteiger partial charge in [-0.05, 0) is 12.1 Å². The van der Waals surface area contributed by atoms with Crippen molar-refractivity contribution in [1.82, 2.24) is 4.90 Å². The predicted octanol–water partition coefficient (Wildman–Crippen LogP) is 1.63. The van der Waals surface area contributed by atoms with Gasteiger partial charge in [-0.2, -0.15) is 0 Å². The number of halogens is 1. The van der Waals surface area contributed by atoms with Crippen LogP contribution in [0, 0.1) is 5.82 Å². The highest BCUT2D eigenvalue weighted by Crippen LogP contribution is 2.20. The molecule has 0 bridgehead atoms. The first kappa shape index (κ1) is 13.4. The Kier molecular flexibility index (Phi) is 4.39. The van der Waals surface area contributed by atoms with Crippen molar-refractivity contribution in [2.24, 2.45) is 0 Å². The molecule has 0 spiro atoms. The lowest BCUT2D eigenvalue weighted by atomic mass is 10.2. The summed E-state index contributed by atoms with van der Waals surface area (Å²) in [4.78, 5) is 15.0. The summed E-state index contributed by atoms with van der Waals surface area (Å²) in [5, 5.41) is 0. The number of piperazine rings is 1. The van der Waals surface area contributed by atoms with Crippen molar-refractivity contribution < 1.29 is 13.9 Å². The predicted molar refractivity (Wildman–Crippen MR) is 71.3 cm³/mol. The number of benzene rings is 1. The zero-order valence-electron chi connectivity index (χ0n) is 10.9. The number of methoxy groups -OCH3 is 1. The number of ether oxygens (including phenoxy) is 1. The number of esters is 1. The van der Waals surface area contributed by atoms with Crippen LogP contribution in [0.4, 0.5) is 10.1 Å². The van der Waals surface area contributed by atoms with E-state index in [0.717, 1.165) is 26.2 Å². The molecule has 0 aliphatic carbocycles. The van der Waals surface area contributed by atoms with Crippen LogP contribution >= 0.6 is 0 Å². The maximum atomic E-state index is 13.6. The van der Waals surface area contributed by atoms with E-state index in [4.69, 9.17) is 0 Å². The molecule has 19 heavy (non-hydrogen) atoms. The third kappa shape index (κ3) is 3.47. The van der Waals surface area contributed by atoms with E-state index in [0.29, 0.717) is 5.69 Å². The van der Waals surface area contributed by atoms with Crippen molar-refractivity contribution in [1.29, 1.82) is 0 Å². The van der Waals surface area contributed by atoms with Crippen LogP contribution in [0.25, 0.3) is 0 Å². The zero-order chi connectivity index (χ0) is 13.7. The smallest absolute Gasteiger partial charge is 0.331 e. The van der Waals surface area contributed by atoms with E-state index in [9.17, 15) is 9.18 Å². The highest BCUT2D eigenvalue weighted by Gasteiger charge is 2.17. The minimum Gasteiger partial charge on any atom is -0.466 e. The molecule has 0 saturated carbocycles. The van der Waals surface area contributed by atoms with Gasteiger partial charge < -0.3 is 14.5 Å². The van der Waals surface area contributed by atoms with Crippen molar-refractivity contribution in [3.63, 3.8) is 0 Å². The lowest BCUT2D eigenvalue weighted by Gasteiger charge is -2.35. The third-order valence-corrected chi connectivity index (χ3v) is 3.13. The van der Waals surface area contributed by atoms with E-state index in [-0.39, 0.29) is 11.8 Å². The van der Waals surface area contributed by atoms with Gasteiger partial charge in [0, 0.05) is 38.5 Å². The Hall–Kier alpha value is -2.04. The lowest BCUT2D eigenvalue weighted by molar-refractivity contribution is -0.134. The summed E-state index contributed by atoms with van der Waals surface area (Å²) < 4.78 is 18.2. The average Bonchev–Trinajstić information content (AvgIpc) is 2.46. The Morgan fingerprint density at radius 3 is 2.58 bits per heavy atom. The normalized spacial score (nSPS) is 15.9. The van der Waals surface area contributed by atoms with Gasteiger partial charge in [0.2, 0.25) is 0 Å². The van der Waals surface area contributed by atoms with Crippen LogP contribution in [0.2, 0.25) is 0 Å². The van der Waals surface area contributed by atoms with Gasteiger partial charge in [-0.15, -0.1) is 0 Å². The Balaban J connectivity index is 1.91. The summed E-state index contributed by atoms with van der Waals surface area (Å²) in [6.07, 6.45) is 3.13. The number of anilines is 1. The molecule has 1 aromatic rings. The standard InChI is InChI=1S/C14H17FN2O2/c1-19-14(18)6-7-16-8-10-17(11-9-16)13-5-3-2-4-12(13)15/h2-7H,8-11H2,1H3. The molecule has 1 heterocycles. The van der Waals surface area contributed by atoms with E-state index < -0.39 is 0 Å². The number of para-hydroxylation sites is 1. The summed E-state index contributed by atoms with van der Waals surface area (Å²) >= 11 is 0. The van der Waals surface area contributed by atoms with Gasteiger partial charge in [-0.25, -0.2) is 9.18 Å². The average molecular weight is 264 g/mol. The molecule has 0 radical (unpaired) electrons. The van der Waals surface area contributed by atoms with Gasteiger partial charge in [0.15, 0.2) is 0 Å². The van der Waals surface area contributed by atoms with Crippen molar-refractivity contribution in [2.45, 2.75) is 0 Å². The molecule has 0 N–H and O–H groups in total. The maximum Gasteiger partial charge on any atom is 0.331 e. The second-order valence-electron chi connectivity index (χ2n) is 4.31. The Labute approximate surface area is 112 Å². The number of rotatable bonds is 3. The van der Waals surface area contributed by atoms with Crippen molar-refractivity contribution in [2.75, 3.05) is 38.2 Å². The SMILES string of the molecule is COC(=O)C=CN1CCN(c2ccccc2F)CC1. The van der Waals surface area contributed by atoms with Gasteiger partial charge in [-0.1, -0.05) is 12.1 Å². The molecule has 1 aromatic carbocycles. The summed E-state index contributed by atoms with van der Waals surface area (Å²) in [7, 11) is 1.35.